The molecule has 2 aromatic carbocycles. The van der Waals surface area contributed by atoms with Crippen LogP contribution < -0.4 is 10.6 Å². The standard InChI is InChI=1S/C20H24FN3O4S/c1-4-24(5-2)29(27,28)17-8-6-7-15(11-17)20(26)22-13-19(25)23-16-10-9-14(3)18(21)12-16/h6-12H,4-5,13H2,1-3H3,(H,22,26)(H,23,25). The van der Waals surface area contributed by atoms with Gasteiger partial charge in [-0.05, 0) is 42.8 Å². The van der Waals surface area contributed by atoms with Crippen molar-refractivity contribution in [2.45, 2.75) is 25.7 Å². The van der Waals surface area contributed by atoms with Crippen molar-refractivity contribution in [1.82, 2.24) is 9.62 Å². The topological polar surface area (TPSA) is 95.6 Å². The average molecular weight is 421 g/mol. The van der Waals surface area contributed by atoms with E-state index in [1.165, 1.54) is 40.7 Å². The normalized spacial score (nSPS) is 11.3. The molecule has 0 saturated carbocycles. The molecule has 7 nitrogen and oxygen atoms in total. The Balaban J connectivity index is 2.04. The lowest BCUT2D eigenvalue weighted by atomic mass is 10.2. The Labute approximate surface area is 170 Å². The molecule has 0 heterocycles. The summed E-state index contributed by atoms with van der Waals surface area (Å²) in [4.78, 5) is 24.3. The average Bonchev–Trinajstić information content (AvgIpc) is 2.69. The first kappa shape index (κ1) is 22.5. The number of rotatable bonds is 8. The van der Waals surface area contributed by atoms with Crippen LogP contribution in [0.5, 0.6) is 0 Å². The van der Waals surface area contributed by atoms with Gasteiger partial charge in [-0.25, -0.2) is 12.8 Å². The molecule has 2 N–H and O–H groups in total. The molecule has 0 bridgehead atoms. The van der Waals surface area contributed by atoms with Crippen LogP contribution in [0.3, 0.4) is 0 Å². The molecule has 0 fully saturated rings. The number of carbonyl (C=O) groups is 2. The Bertz CT molecular complexity index is 1000. The lowest BCUT2D eigenvalue weighted by molar-refractivity contribution is -0.115. The third kappa shape index (κ3) is 5.61. The number of amides is 2. The summed E-state index contributed by atoms with van der Waals surface area (Å²) in [5, 5.41) is 4.91. The molecule has 2 amide bonds. The molecule has 0 radical (unpaired) electrons. The predicted molar refractivity (Wildman–Crippen MR) is 109 cm³/mol. The Morgan fingerprint density at radius 2 is 1.76 bits per heavy atom. The third-order valence-electron chi connectivity index (χ3n) is 4.30. The highest BCUT2D eigenvalue weighted by Crippen LogP contribution is 2.17. The molecule has 2 aromatic rings. The first-order valence-corrected chi connectivity index (χ1v) is 10.6. The van der Waals surface area contributed by atoms with Crippen molar-refractivity contribution in [2.75, 3.05) is 25.0 Å². The summed E-state index contributed by atoms with van der Waals surface area (Å²) < 4.78 is 40.0. The maximum Gasteiger partial charge on any atom is 0.251 e. The first-order chi connectivity index (χ1) is 13.7. The Morgan fingerprint density at radius 3 is 2.38 bits per heavy atom. The van der Waals surface area contributed by atoms with Gasteiger partial charge in [0.1, 0.15) is 5.82 Å². The number of halogens is 1. The molecule has 0 aromatic heterocycles. The zero-order valence-electron chi connectivity index (χ0n) is 16.5. The molecule has 2 rings (SSSR count). The molecule has 0 spiro atoms. The van der Waals surface area contributed by atoms with E-state index in [4.69, 9.17) is 0 Å². The van der Waals surface area contributed by atoms with E-state index in [2.05, 4.69) is 10.6 Å². The molecule has 0 saturated heterocycles. The number of hydrogen-bond donors (Lipinski definition) is 2. The van der Waals surface area contributed by atoms with Crippen LogP contribution in [0.2, 0.25) is 0 Å². The molecule has 9 heteroatoms. The lowest BCUT2D eigenvalue weighted by Crippen LogP contribution is -2.33. The molecule has 0 atom stereocenters. The van der Waals surface area contributed by atoms with Crippen LogP contribution in [-0.2, 0) is 14.8 Å². The van der Waals surface area contributed by atoms with Crippen molar-refractivity contribution < 1.29 is 22.4 Å². The molecular formula is C20H24FN3O4S. The van der Waals surface area contributed by atoms with E-state index in [0.29, 0.717) is 18.7 Å². The van der Waals surface area contributed by atoms with Gasteiger partial charge < -0.3 is 10.6 Å². The minimum absolute atomic E-state index is 0.00781. The smallest absolute Gasteiger partial charge is 0.251 e. The van der Waals surface area contributed by atoms with Crippen LogP contribution in [0, 0.1) is 12.7 Å². The third-order valence-corrected chi connectivity index (χ3v) is 6.35. The van der Waals surface area contributed by atoms with Crippen molar-refractivity contribution in [3.8, 4) is 0 Å². The second kappa shape index (κ2) is 9.62. The van der Waals surface area contributed by atoms with E-state index in [1.54, 1.807) is 26.8 Å². The van der Waals surface area contributed by atoms with E-state index in [9.17, 15) is 22.4 Å². The summed E-state index contributed by atoms with van der Waals surface area (Å²) in [6, 6.07) is 9.91. The lowest BCUT2D eigenvalue weighted by Gasteiger charge is -2.18. The summed E-state index contributed by atoms with van der Waals surface area (Å²) >= 11 is 0. The predicted octanol–water partition coefficient (Wildman–Crippen LogP) is 2.53. The van der Waals surface area contributed by atoms with Gasteiger partial charge >= 0.3 is 0 Å². The molecule has 0 aliphatic heterocycles. The SMILES string of the molecule is CCN(CC)S(=O)(=O)c1cccc(C(=O)NCC(=O)Nc2ccc(C)c(F)c2)c1. The number of carbonyl (C=O) groups excluding carboxylic acids is 2. The maximum absolute atomic E-state index is 13.5. The van der Waals surface area contributed by atoms with Crippen LogP contribution in [0.15, 0.2) is 47.4 Å². The van der Waals surface area contributed by atoms with Gasteiger partial charge in [0, 0.05) is 24.3 Å². The first-order valence-electron chi connectivity index (χ1n) is 9.13. The van der Waals surface area contributed by atoms with Crippen LogP contribution in [0.25, 0.3) is 0 Å². The van der Waals surface area contributed by atoms with E-state index < -0.39 is 27.7 Å². The Morgan fingerprint density at radius 1 is 1.07 bits per heavy atom. The number of nitrogens with one attached hydrogen (secondary N) is 2. The van der Waals surface area contributed by atoms with Crippen LogP contribution in [-0.4, -0.2) is 44.2 Å². The second-order valence-corrected chi connectivity index (χ2v) is 8.25. The van der Waals surface area contributed by atoms with E-state index in [1.807, 2.05) is 0 Å². The molecule has 0 aliphatic carbocycles. The number of aryl methyl sites for hydroxylation is 1. The van der Waals surface area contributed by atoms with Gasteiger partial charge in [-0.3, -0.25) is 9.59 Å². The molecule has 156 valence electrons. The zero-order chi connectivity index (χ0) is 21.6. The summed E-state index contributed by atoms with van der Waals surface area (Å²) in [6.07, 6.45) is 0. The van der Waals surface area contributed by atoms with Crippen molar-refractivity contribution >= 4 is 27.5 Å². The van der Waals surface area contributed by atoms with Crippen molar-refractivity contribution in [3.63, 3.8) is 0 Å². The van der Waals surface area contributed by atoms with Crippen LogP contribution >= 0.6 is 0 Å². The summed E-state index contributed by atoms with van der Waals surface area (Å²) in [5.74, 6) is -1.57. The maximum atomic E-state index is 13.5. The number of sulfonamides is 1. The Hall–Kier alpha value is -2.78. The van der Waals surface area contributed by atoms with Crippen molar-refractivity contribution in [1.29, 1.82) is 0 Å². The highest BCUT2D eigenvalue weighted by Gasteiger charge is 2.22. The number of hydrogen-bond acceptors (Lipinski definition) is 4. The van der Waals surface area contributed by atoms with E-state index in [-0.39, 0.29) is 22.7 Å². The summed E-state index contributed by atoms with van der Waals surface area (Å²) in [6.45, 7) is 5.35. The zero-order valence-corrected chi connectivity index (χ0v) is 17.3. The monoisotopic (exact) mass is 421 g/mol. The number of nitrogens with zero attached hydrogens (tertiary/aromatic N) is 1. The van der Waals surface area contributed by atoms with Crippen LogP contribution in [0.4, 0.5) is 10.1 Å². The number of anilines is 1. The largest absolute Gasteiger partial charge is 0.343 e. The fraction of sp³-hybridized carbons (Fsp3) is 0.300. The molecule has 29 heavy (non-hydrogen) atoms. The van der Waals surface area contributed by atoms with Gasteiger partial charge in [-0.2, -0.15) is 4.31 Å². The van der Waals surface area contributed by atoms with Gasteiger partial charge in [-0.1, -0.05) is 26.0 Å². The highest BCUT2D eigenvalue weighted by molar-refractivity contribution is 7.89. The van der Waals surface area contributed by atoms with Gasteiger partial charge in [-0.15, -0.1) is 0 Å². The van der Waals surface area contributed by atoms with Crippen molar-refractivity contribution in [3.05, 3.63) is 59.4 Å². The van der Waals surface area contributed by atoms with Crippen LogP contribution in [0.1, 0.15) is 29.8 Å². The highest BCUT2D eigenvalue weighted by atomic mass is 32.2. The minimum atomic E-state index is -3.70. The van der Waals surface area contributed by atoms with Crippen molar-refractivity contribution in [2.24, 2.45) is 0 Å². The summed E-state index contributed by atoms with van der Waals surface area (Å²) in [7, 11) is -3.70. The minimum Gasteiger partial charge on any atom is -0.343 e. The summed E-state index contributed by atoms with van der Waals surface area (Å²) in [5.41, 5.74) is 0.850. The fourth-order valence-corrected chi connectivity index (χ4v) is 4.15. The van der Waals surface area contributed by atoms with Gasteiger partial charge in [0.25, 0.3) is 5.91 Å². The Kier molecular flexibility index (Phi) is 7.46. The quantitative estimate of drug-likeness (QED) is 0.685. The second-order valence-electron chi connectivity index (χ2n) is 6.31. The van der Waals surface area contributed by atoms with E-state index in [0.717, 1.165) is 0 Å². The van der Waals surface area contributed by atoms with E-state index >= 15 is 0 Å². The molecule has 0 unspecified atom stereocenters. The molecule has 0 aliphatic rings. The fourth-order valence-electron chi connectivity index (χ4n) is 2.65. The molecular weight excluding hydrogens is 397 g/mol. The van der Waals surface area contributed by atoms with Gasteiger partial charge in [0.15, 0.2) is 0 Å². The number of benzene rings is 2. The van der Waals surface area contributed by atoms with Gasteiger partial charge in [0.2, 0.25) is 15.9 Å². The van der Waals surface area contributed by atoms with Gasteiger partial charge in [0.05, 0.1) is 11.4 Å².